The molecule has 0 saturated heterocycles. The van der Waals surface area contributed by atoms with Gasteiger partial charge in [0, 0.05) is 0 Å². The number of hydrogen-bond acceptors (Lipinski definition) is 5. The third-order valence-corrected chi connectivity index (χ3v) is 6.50. The Labute approximate surface area is 168 Å². The number of halogens is 6. The largest absolute Gasteiger partial charge is 0.480 e. The van der Waals surface area contributed by atoms with Crippen molar-refractivity contribution in [3.63, 3.8) is 0 Å². The van der Waals surface area contributed by atoms with Crippen LogP contribution in [0.3, 0.4) is 0 Å². The minimum absolute atomic E-state index is 0.778. The molecule has 0 aromatic rings. The van der Waals surface area contributed by atoms with Crippen LogP contribution in [0.5, 0.6) is 0 Å². The average molecular weight is 482 g/mol. The molecule has 0 amide bonds. The molecule has 0 spiro atoms. The Bertz CT molecular complexity index is 632. The Morgan fingerprint density at radius 2 is 1.17 bits per heavy atom. The number of alkyl halides is 6. The number of nitrogens with zero attached hydrogens (tertiary/aromatic N) is 3. The molecule has 178 valence electrons. The quantitative estimate of drug-likeness (QED) is 0.272. The van der Waals surface area contributed by atoms with E-state index >= 15 is 0 Å². The Balaban J connectivity index is 0. The molecule has 0 aliphatic heterocycles. The van der Waals surface area contributed by atoms with Gasteiger partial charge in [-0.05, 0) is 46.8 Å². The first kappa shape index (κ1) is 30.6. The third-order valence-electron chi connectivity index (χ3n) is 3.76. The summed E-state index contributed by atoms with van der Waals surface area (Å²) >= 11 is 0. The molecule has 0 saturated carbocycles. The van der Waals surface area contributed by atoms with E-state index in [-0.39, 0.29) is 0 Å². The first-order chi connectivity index (χ1) is 12.7. The van der Waals surface area contributed by atoms with Crippen molar-refractivity contribution in [3.05, 3.63) is 4.13 Å². The number of sulfonamides is 2. The minimum Gasteiger partial charge on any atom is -0.421 e. The van der Waals surface area contributed by atoms with E-state index < -0.39 is 31.1 Å². The van der Waals surface area contributed by atoms with Gasteiger partial charge in [-0.25, -0.2) is 16.8 Å². The lowest BCUT2D eigenvalue weighted by atomic mass is 10.2. The molecule has 0 N–H and O–H groups in total. The fourth-order valence-corrected chi connectivity index (χ4v) is 3.40. The normalized spacial score (nSPS) is 13.9. The van der Waals surface area contributed by atoms with E-state index in [9.17, 15) is 43.2 Å². The Morgan fingerprint density at radius 3 is 1.48 bits per heavy atom. The number of hydrogen-bond donors (Lipinski definition) is 0. The topological polar surface area (TPSA) is 85.6 Å². The standard InChI is InChI=1S/C12H29N2.C2F6NO4S2/c1-6-14(4,5)12-10-8-7-9-11-13(2)3;3-1(4,5)14(10,11)9-15(12,13)2(6,7)8/h6-12H2,1-5H3;/q+1;-1. The van der Waals surface area contributed by atoms with E-state index in [2.05, 4.69) is 40.0 Å². The second-order valence-corrected chi connectivity index (χ2v) is 10.5. The molecule has 0 heterocycles. The van der Waals surface area contributed by atoms with Gasteiger partial charge in [0.05, 0.1) is 27.2 Å². The van der Waals surface area contributed by atoms with Gasteiger partial charge in [0.25, 0.3) is 0 Å². The van der Waals surface area contributed by atoms with Gasteiger partial charge in [-0.3, -0.25) is 0 Å². The molecule has 0 aromatic carbocycles. The maximum Gasteiger partial charge on any atom is 0.480 e. The average Bonchev–Trinajstić information content (AvgIpc) is 2.48. The van der Waals surface area contributed by atoms with E-state index in [0.29, 0.717) is 0 Å². The maximum absolute atomic E-state index is 11.4. The van der Waals surface area contributed by atoms with Crippen molar-refractivity contribution in [3.8, 4) is 0 Å². The molecule has 0 bridgehead atoms. The van der Waals surface area contributed by atoms with E-state index in [1.165, 1.54) is 49.8 Å². The molecule has 0 aromatic heterocycles. The van der Waals surface area contributed by atoms with Gasteiger partial charge in [0.2, 0.25) is 0 Å². The van der Waals surface area contributed by atoms with Crippen LogP contribution in [0.2, 0.25) is 0 Å². The van der Waals surface area contributed by atoms with Crippen LogP contribution in [0.4, 0.5) is 26.3 Å². The van der Waals surface area contributed by atoms with Crippen molar-refractivity contribution in [2.45, 2.75) is 43.6 Å². The van der Waals surface area contributed by atoms with Gasteiger partial charge in [0.1, 0.15) is 0 Å². The first-order valence-corrected chi connectivity index (χ1v) is 11.4. The van der Waals surface area contributed by atoms with Crippen LogP contribution in [0, 0.1) is 0 Å². The summed E-state index contributed by atoms with van der Waals surface area (Å²) in [5.41, 5.74) is -12.4. The lowest BCUT2D eigenvalue weighted by molar-refractivity contribution is -0.888. The van der Waals surface area contributed by atoms with Crippen molar-refractivity contribution < 1.29 is 47.7 Å². The van der Waals surface area contributed by atoms with E-state index in [4.69, 9.17) is 0 Å². The summed E-state index contributed by atoms with van der Waals surface area (Å²) in [6.45, 7) is 6.09. The van der Waals surface area contributed by atoms with Crippen molar-refractivity contribution in [1.82, 2.24) is 4.90 Å². The van der Waals surface area contributed by atoms with Crippen molar-refractivity contribution in [2.24, 2.45) is 0 Å². The first-order valence-electron chi connectivity index (χ1n) is 8.52. The molecule has 15 heteroatoms. The predicted octanol–water partition coefficient (Wildman–Crippen LogP) is 3.26. The Hall–Kier alpha value is -0.640. The van der Waals surface area contributed by atoms with Crippen LogP contribution in [-0.2, 0) is 20.0 Å². The van der Waals surface area contributed by atoms with Crippen LogP contribution in [0.15, 0.2) is 0 Å². The molecular weight excluding hydrogens is 452 g/mol. The molecule has 0 unspecified atom stereocenters. The second kappa shape index (κ2) is 11.7. The highest BCUT2D eigenvalue weighted by atomic mass is 32.3. The zero-order valence-corrected chi connectivity index (χ0v) is 18.6. The molecule has 7 nitrogen and oxygen atoms in total. The van der Waals surface area contributed by atoms with Crippen molar-refractivity contribution >= 4 is 20.0 Å². The van der Waals surface area contributed by atoms with Crippen LogP contribution in [0.1, 0.15) is 32.6 Å². The van der Waals surface area contributed by atoms with E-state index in [0.717, 1.165) is 4.13 Å². The van der Waals surface area contributed by atoms with Gasteiger partial charge >= 0.3 is 11.0 Å². The summed E-state index contributed by atoms with van der Waals surface area (Å²) in [4.78, 5) is 2.27. The summed E-state index contributed by atoms with van der Waals surface area (Å²) in [6, 6.07) is 0. The van der Waals surface area contributed by atoms with Gasteiger partial charge in [0.15, 0.2) is 20.0 Å². The number of rotatable bonds is 10. The summed E-state index contributed by atoms with van der Waals surface area (Å²) < 4.78 is 110. The molecule has 0 atom stereocenters. The van der Waals surface area contributed by atoms with Crippen LogP contribution in [-0.4, -0.2) is 85.1 Å². The smallest absolute Gasteiger partial charge is 0.421 e. The Kier molecular flexibility index (Phi) is 12.3. The monoisotopic (exact) mass is 481 g/mol. The van der Waals surface area contributed by atoms with Gasteiger partial charge < -0.3 is 13.5 Å². The van der Waals surface area contributed by atoms with E-state index in [1.54, 1.807) is 0 Å². The molecule has 0 aliphatic carbocycles. The lowest BCUT2D eigenvalue weighted by Gasteiger charge is -2.28. The lowest BCUT2D eigenvalue weighted by Crippen LogP contribution is -2.39. The fraction of sp³-hybridized carbons (Fsp3) is 1.00. The Morgan fingerprint density at radius 1 is 0.793 bits per heavy atom. The predicted molar refractivity (Wildman–Crippen MR) is 97.8 cm³/mol. The molecule has 0 radical (unpaired) electrons. The van der Waals surface area contributed by atoms with Crippen molar-refractivity contribution in [1.29, 1.82) is 0 Å². The highest BCUT2D eigenvalue weighted by Crippen LogP contribution is 2.36. The summed E-state index contributed by atoms with van der Waals surface area (Å²) in [5, 5.41) is 0. The third kappa shape index (κ3) is 13.3. The number of quaternary nitrogens is 1. The van der Waals surface area contributed by atoms with Crippen molar-refractivity contribution in [2.75, 3.05) is 47.8 Å². The summed E-state index contributed by atoms with van der Waals surface area (Å²) in [7, 11) is -4.50. The maximum atomic E-state index is 11.4. The van der Waals surface area contributed by atoms with Gasteiger partial charge in [-0.2, -0.15) is 26.3 Å². The second-order valence-electron chi connectivity index (χ2n) is 7.11. The molecule has 29 heavy (non-hydrogen) atoms. The zero-order valence-electron chi connectivity index (χ0n) is 17.0. The number of unbranched alkanes of at least 4 members (excludes halogenated alkanes) is 3. The molecule has 0 aliphatic rings. The molecular formula is C14H29F6N3O4S2. The zero-order chi connectivity index (χ0) is 23.7. The SMILES string of the molecule is CC[N+](C)(C)CCCCCCN(C)C.O=S(=O)([N-]S(=O)(=O)C(F)(F)F)C(F)(F)F. The van der Waals surface area contributed by atoms with Crippen LogP contribution >= 0.6 is 0 Å². The summed E-state index contributed by atoms with van der Waals surface area (Å²) in [5.74, 6) is 0. The van der Waals surface area contributed by atoms with Gasteiger partial charge in [-0.15, -0.1) is 0 Å². The highest BCUT2D eigenvalue weighted by molar-refractivity contribution is 8.13. The molecule has 0 rings (SSSR count). The minimum atomic E-state index is -6.72. The van der Waals surface area contributed by atoms with E-state index in [1.807, 2.05) is 0 Å². The van der Waals surface area contributed by atoms with Gasteiger partial charge in [-0.1, -0.05) is 6.42 Å². The molecule has 0 fully saturated rings. The van der Waals surface area contributed by atoms with Crippen LogP contribution in [0.25, 0.3) is 4.13 Å². The summed E-state index contributed by atoms with van der Waals surface area (Å²) in [6.07, 6.45) is 5.53. The fourth-order valence-electron chi connectivity index (χ4n) is 1.69. The highest BCUT2D eigenvalue weighted by Gasteiger charge is 2.46. The van der Waals surface area contributed by atoms with Crippen LogP contribution < -0.4 is 0 Å².